The fraction of sp³-hybridized carbons (Fsp3) is 0.167. The second-order valence-corrected chi connectivity index (χ2v) is 3.53. The van der Waals surface area contributed by atoms with Crippen LogP contribution in [0.3, 0.4) is 0 Å². The lowest BCUT2D eigenvalue weighted by molar-refractivity contribution is -0.123. The molecule has 4 heteroatoms. The largest absolute Gasteiger partial charge is 0.479 e. The molecule has 82 valence electrons. The first-order valence-electron chi connectivity index (χ1n) is 4.97. The van der Waals surface area contributed by atoms with Gasteiger partial charge in [-0.05, 0) is 19.1 Å². The summed E-state index contributed by atoms with van der Waals surface area (Å²) >= 11 is 0. The average Bonchev–Trinajstić information content (AvgIpc) is 2.28. The van der Waals surface area contributed by atoms with Crippen LogP contribution in [0.5, 0.6) is 5.75 Å². The van der Waals surface area contributed by atoms with E-state index in [0.29, 0.717) is 5.75 Å². The molecule has 1 aromatic carbocycles. The minimum Gasteiger partial charge on any atom is -0.479 e. The SMILES string of the molecule is CC(Oc1cnc2ccccc2c1)C(N)=O. The number of amides is 1. The van der Waals surface area contributed by atoms with Gasteiger partial charge in [-0.1, -0.05) is 18.2 Å². The monoisotopic (exact) mass is 216 g/mol. The molecule has 1 unspecified atom stereocenters. The highest BCUT2D eigenvalue weighted by atomic mass is 16.5. The van der Waals surface area contributed by atoms with Gasteiger partial charge in [-0.2, -0.15) is 0 Å². The number of carbonyl (C=O) groups is 1. The zero-order chi connectivity index (χ0) is 11.5. The number of nitrogens with two attached hydrogens (primary N) is 1. The molecule has 0 aliphatic heterocycles. The second-order valence-electron chi connectivity index (χ2n) is 3.53. The molecule has 16 heavy (non-hydrogen) atoms. The number of hydrogen-bond donors (Lipinski definition) is 1. The number of para-hydroxylation sites is 1. The Labute approximate surface area is 93.0 Å². The fourth-order valence-corrected chi connectivity index (χ4v) is 1.38. The molecule has 0 saturated heterocycles. The van der Waals surface area contributed by atoms with E-state index >= 15 is 0 Å². The molecule has 2 rings (SSSR count). The third-order valence-electron chi connectivity index (χ3n) is 2.28. The number of pyridine rings is 1. The highest BCUT2D eigenvalue weighted by Crippen LogP contribution is 2.18. The van der Waals surface area contributed by atoms with Crippen LogP contribution in [-0.2, 0) is 4.79 Å². The third-order valence-corrected chi connectivity index (χ3v) is 2.28. The van der Waals surface area contributed by atoms with Crippen molar-refractivity contribution in [2.24, 2.45) is 5.73 Å². The first-order chi connectivity index (χ1) is 7.66. The Kier molecular flexibility index (Phi) is 2.72. The summed E-state index contributed by atoms with van der Waals surface area (Å²) in [7, 11) is 0. The van der Waals surface area contributed by atoms with Crippen LogP contribution >= 0.6 is 0 Å². The average molecular weight is 216 g/mol. The van der Waals surface area contributed by atoms with Crippen LogP contribution in [0, 0.1) is 0 Å². The topological polar surface area (TPSA) is 65.2 Å². The van der Waals surface area contributed by atoms with Crippen LogP contribution in [-0.4, -0.2) is 17.0 Å². The van der Waals surface area contributed by atoms with E-state index in [0.717, 1.165) is 10.9 Å². The highest BCUT2D eigenvalue weighted by Gasteiger charge is 2.10. The van der Waals surface area contributed by atoms with Gasteiger partial charge in [0.25, 0.3) is 5.91 Å². The van der Waals surface area contributed by atoms with Crippen LogP contribution in [0.4, 0.5) is 0 Å². The summed E-state index contributed by atoms with van der Waals surface area (Å²) in [5, 5.41) is 0.969. The predicted octanol–water partition coefficient (Wildman–Crippen LogP) is 1.49. The maximum atomic E-state index is 10.8. The van der Waals surface area contributed by atoms with Gasteiger partial charge in [-0.25, -0.2) is 0 Å². The molecule has 0 bridgehead atoms. The molecule has 0 saturated carbocycles. The van der Waals surface area contributed by atoms with E-state index in [4.69, 9.17) is 10.5 Å². The fourth-order valence-electron chi connectivity index (χ4n) is 1.38. The molecule has 0 fully saturated rings. The van der Waals surface area contributed by atoms with Crippen molar-refractivity contribution in [3.8, 4) is 5.75 Å². The Bertz CT molecular complexity index is 525. The summed E-state index contributed by atoms with van der Waals surface area (Å²) in [5.41, 5.74) is 6.00. The van der Waals surface area contributed by atoms with Crippen LogP contribution < -0.4 is 10.5 Å². The molecule has 1 atom stereocenters. The lowest BCUT2D eigenvalue weighted by Crippen LogP contribution is -2.30. The molecule has 4 nitrogen and oxygen atoms in total. The zero-order valence-electron chi connectivity index (χ0n) is 8.88. The number of carbonyl (C=O) groups excluding carboxylic acids is 1. The van der Waals surface area contributed by atoms with E-state index in [1.54, 1.807) is 13.1 Å². The molecular formula is C12H12N2O2. The highest BCUT2D eigenvalue weighted by molar-refractivity contribution is 5.80. The predicted molar refractivity (Wildman–Crippen MR) is 61.0 cm³/mol. The summed E-state index contributed by atoms with van der Waals surface area (Å²) in [5.74, 6) is 0.0539. The first kappa shape index (κ1) is 10.4. The van der Waals surface area contributed by atoms with Crippen LogP contribution in [0.15, 0.2) is 36.5 Å². The van der Waals surface area contributed by atoms with Gasteiger partial charge in [0, 0.05) is 5.39 Å². The van der Waals surface area contributed by atoms with Crippen molar-refractivity contribution < 1.29 is 9.53 Å². The summed E-state index contributed by atoms with van der Waals surface area (Å²) in [6, 6.07) is 9.52. The van der Waals surface area contributed by atoms with Gasteiger partial charge in [0.15, 0.2) is 6.10 Å². The summed E-state index contributed by atoms with van der Waals surface area (Å²) < 4.78 is 5.35. The molecule has 1 heterocycles. The van der Waals surface area contributed by atoms with Crippen molar-refractivity contribution >= 4 is 16.8 Å². The number of ether oxygens (including phenoxy) is 1. The van der Waals surface area contributed by atoms with Gasteiger partial charge in [0.05, 0.1) is 11.7 Å². The maximum Gasteiger partial charge on any atom is 0.258 e. The smallest absolute Gasteiger partial charge is 0.258 e. The zero-order valence-corrected chi connectivity index (χ0v) is 8.88. The quantitative estimate of drug-likeness (QED) is 0.845. The molecular weight excluding hydrogens is 204 g/mol. The number of aromatic nitrogens is 1. The van der Waals surface area contributed by atoms with Crippen molar-refractivity contribution in [2.75, 3.05) is 0 Å². The minimum absolute atomic E-state index is 0.492. The minimum atomic E-state index is -0.650. The number of nitrogens with zero attached hydrogens (tertiary/aromatic N) is 1. The summed E-state index contributed by atoms with van der Waals surface area (Å²) in [6.45, 7) is 1.61. The lowest BCUT2D eigenvalue weighted by atomic mass is 10.2. The van der Waals surface area contributed by atoms with Crippen molar-refractivity contribution in [2.45, 2.75) is 13.0 Å². The van der Waals surface area contributed by atoms with Crippen molar-refractivity contribution in [3.63, 3.8) is 0 Å². The molecule has 1 amide bonds. The standard InChI is InChI=1S/C12H12N2O2/c1-8(12(13)15)16-10-6-9-4-2-3-5-11(9)14-7-10/h2-8H,1H3,(H2,13,15). The van der Waals surface area contributed by atoms with Gasteiger partial charge in [0.1, 0.15) is 5.75 Å². The van der Waals surface area contributed by atoms with E-state index in [1.165, 1.54) is 0 Å². The van der Waals surface area contributed by atoms with Gasteiger partial charge >= 0.3 is 0 Å². The van der Waals surface area contributed by atoms with Gasteiger partial charge in [0.2, 0.25) is 0 Å². The molecule has 1 aromatic heterocycles. The van der Waals surface area contributed by atoms with Gasteiger partial charge in [-0.3, -0.25) is 9.78 Å². The van der Waals surface area contributed by atoms with E-state index in [2.05, 4.69) is 4.98 Å². The van der Waals surface area contributed by atoms with Gasteiger partial charge < -0.3 is 10.5 Å². The Morgan fingerprint density at radius 2 is 2.19 bits per heavy atom. The number of fused-ring (bicyclic) bond motifs is 1. The number of benzene rings is 1. The second kappa shape index (κ2) is 4.18. The van der Waals surface area contributed by atoms with E-state index in [9.17, 15) is 4.79 Å². The van der Waals surface area contributed by atoms with Crippen molar-refractivity contribution in [3.05, 3.63) is 36.5 Å². The Hall–Kier alpha value is -2.10. The molecule has 0 aliphatic carbocycles. The normalized spacial score (nSPS) is 12.3. The molecule has 2 N–H and O–H groups in total. The van der Waals surface area contributed by atoms with Crippen LogP contribution in [0.2, 0.25) is 0 Å². The van der Waals surface area contributed by atoms with Crippen molar-refractivity contribution in [1.82, 2.24) is 4.98 Å². The Morgan fingerprint density at radius 3 is 2.94 bits per heavy atom. The van der Waals surface area contributed by atoms with Crippen molar-refractivity contribution in [1.29, 1.82) is 0 Å². The Balaban J connectivity index is 2.29. The number of rotatable bonds is 3. The maximum absolute atomic E-state index is 10.8. The molecule has 0 spiro atoms. The van der Waals surface area contributed by atoms with Crippen LogP contribution in [0.25, 0.3) is 10.9 Å². The number of hydrogen-bond acceptors (Lipinski definition) is 3. The Morgan fingerprint density at radius 1 is 1.44 bits per heavy atom. The lowest BCUT2D eigenvalue weighted by Gasteiger charge is -2.10. The van der Waals surface area contributed by atoms with E-state index < -0.39 is 12.0 Å². The molecule has 0 radical (unpaired) electrons. The van der Waals surface area contributed by atoms with Crippen LogP contribution in [0.1, 0.15) is 6.92 Å². The van der Waals surface area contributed by atoms with E-state index in [-0.39, 0.29) is 0 Å². The summed E-state index contributed by atoms with van der Waals surface area (Å²) in [6.07, 6.45) is 0.935. The third kappa shape index (κ3) is 2.11. The molecule has 2 aromatic rings. The first-order valence-corrected chi connectivity index (χ1v) is 4.97. The summed E-state index contributed by atoms with van der Waals surface area (Å²) in [4.78, 5) is 15.1. The number of primary amides is 1. The molecule has 0 aliphatic rings. The van der Waals surface area contributed by atoms with E-state index in [1.807, 2.05) is 30.3 Å². The van der Waals surface area contributed by atoms with Gasteiger partial charge in [-0.15, -0.1) is 0 Å².